The molecule has 2 rings (SSSR count). The van der Waals surface area contributed by atoms with Crippen molar-refractivity contribution in [2.75, 3.05) is 25.1 Å². The van der Waals surface area contributed by atoms with Gasteiger partial charge in [-0.15, -0.1) is 0 Å². The average molecular weight is 304 g/mol. The van der Waals surface area contributed by atoms with Gasteiger partial charge in [0.05, 0.1) is 13.7 Å². The van der Waals surface area contributed by atoms with Gasteiger partial charge in [0, 0.05) is 12.2 Å². The summed E-state index contributed by atoms with van der Waals surface area (Å²) in [6.07, 6.45) is 0.877. The average Bonchev–Trinajstić information content (AvgIpc) is 2.89. The predicted molar refractivity (Wildman–Crippen MR) is 85.8 cm³/mol. The van der Waals surface area contributed by atoms with E-state index < -0.39 is 6.04 Å². The lowest BCUT2D eigenvalue weighted by molar-refractivity contribution is -0.146. The lowest BCUT2D eigenvalue weighted by Gasteiger charge is -2.29. The summed E-state index contributed by atoms with van der Waals surface area (Å²) in [6, 6.07) is 7.41. The Morgan fingerprint density at radius 2 is 2.00 bits per heavy atom. The molecule has 5 heteroatoms. The Kier molecular flexibility index (Phi) is 4.86. The van der Waals surface area contributed by atoms with Crippen LogP contribution in [0.5, 0.6) is 0 Å². The zero-order valence-corrected chi connectivity index (χ0v) is 13.7. The van der Waals surface area contributed by atoms with Crippen LogP contribution < -0.4 is 10.2 Å². The van der Waals surface area contributed by atoms with Gasteiger partial charge in [0.25, 0.3) is 0 Å². The van der Waals surface area contributed by atoms with Gasteiger partial charge in [-0.2, -0.15) is 0 Å². The molecule has 1 aromatic rings. The third-order valence-electron chi connectivity index (χ3n) is 3.95. The highest BCUT2D eigenvalue weighted by Crippen LogP contribution is 2.27. The number of esters is 1. The van der Waals surface area contributed by atoms with Gasteiger partial charge in [-0.1, -0.05) is 39.0 Å². The molecular weight excluding hydrogens is 280 g/mol. The zero-order chi connectivity index (χ0) is 16.3. The first-order valence-corrected chi connectivity index (χ1v) is 7.54. The van der Waals surface area contributed by atoms with E-state index in [4.69, 9.17) is 4.74 Å². The number of amides is 1. The second kappa shape index (κ2) is 6.48. The molecule has 5 nitrogen and oxygen atoms in total. The van der Waals surface area contributed by atoms with Crippen molar-refractivity contribution in [3.63, 3.8) is 0 Å². The molecule has 0 radical (unpaired) electrons. The van der Waals surface area contributed by atoms with Gasteiger partial charge in [0.2, 0.25) is 5.91 Å². The minimum Gasteiger partial charge on any atom is -0.468 e. The third-order valence-corrected chi connectivity index (χ3v) is 3.95. The lowest BCUT2D eigenvalue weighted by Crippen LogP contribution is -2.50. The van der Waals surface area contributed by atoms with Crippen LogP contribution in [0.4, 0.5) is 5.69 Å². The van der Waals surface area contributed by atoms with Crippen LogP contribution in [0.25, 0.3) is 0 Å². The molecule has 1 atom stereocenters. The Morgan fingerprint density at radius 3 is 2.64 bits per heavy atom. The molecule has 0 saturated heterocycles. The van der Waals surface area contributed by atoms with Crippen molar-refractivity contribution in [1.29, 1.82) is 0 Å². The van der Waals surface area contributed by atoms with Crippen molar-refractivity contribution in [3.05, 3.63) is 29.8 Å². The van der Waals surface area contributed by atoms with Gasteiger partial charge in [0.15, 0.2) is 0 Å². The molecule has 0 bridgehead atoms. The lowest BCUT2D eigenvalue weighted by atomic mass is 9.87. The van der Waals surface area contributed by atoms with Gasteiger partial charge in [-0.3, -0.25) is 14.9 Å². The summed E-state index contributed by atoms with van der Waals surface area (Å²) < 4.78 is 4.83. The number of carbonyl (C=O) groups is 2. The first-order valence-electron chi connectivity index (χ1n) is 7.54. The first-order chi connectivity index (χ1) is 10.3. The van der Waals surface area contributed by atoms with E-state index >= 15 is 0 Å². The van der Waals surface area contributed by atoms with Gasteiger partial charge >= 0.3 is 5.97 Å². The fraction of sp³-hybridized carbons (Fsp3) is 0.529. The number of nitrogens with one attached hydrogen (secondary N) is 1. The summed E-state index contributed by atoms with van der Waals surface area (Å²) in [5, 5.41) is 3.05. The van der Waals surface area contributed by atoms with Crippen molar-refractivity contribution in [2.45, 2.75) is 33.2 Å². The van der Waals surface area contributed by atoms with Crippen LogP contribution in [0.1, 0.15) is 26.3 Å². The van der Waals surface area contributed by atoms with Crippen LogP contribution in [0.3, 0.4) is 0 Å². The third kappa shape index (κ3) is 3.47. The molecule has 1 unspecified atom stereocenters. The van der Waals surface area contributed by atoms with E-state index in [0.29, 0.717) is 6.54 Å². The summed E-state index contributed by atoms with van der Waals surface area (Å²) in [5.74, 6) is -0.370. The number of carbonyl (C=O) groups excluding carboxylic acids is 2. The normalized spacial score (nSPS) is 15.4. The molecule has 1 aromatic carbocycles. The fourth-order valence-corrected chi connectivity index (χ4v) is 2.74. The summed E-state index contributed by atoms with van der Waals surface area (Å²) in [6.45, 7) is 6.63. The Morgan fingerprint density at radius 1 is 1.32 bits per heavy atom. The van der Waals surface area contributed by atoms with E-state index in [-0.39, 0.29) is 23.8 Å². The Bertz CT molecular complexity index is 563. The van der Waals surface area contributed by atoms with Crippen LogP contribution in [-0.4, -0.2) is 38.1 Å². The topological polar surface area (TPSA) is 58.6 Å². The summed E-state index contributed by atoms with van der Waals surface area (Å²) in [4.78, 5) is 26.1. The number of methoxy groups -OCH3 is 1. The minimum atomic E-state index is -0.515. The molecule has 0 aliphatic carbocycles. The molecule has 120 valence electrons. The summed E-state index contributed by atoms with van der Waals surface area (Å²) >= 11 is 0. The number of anilines is 1. The number of hydrogen-bond donors (Lipinski definition) is 1. The number of rotatable bonds is 4. The van der Waals surface area contributed by atoms with Crippen molar-refractivity contribution in [2.24, 2.45) is 5.41 Å². The van der Waals surface area contributed by atoms with Crippen molar-refractivity contribution in [1.82, 2.24) is 5.32 Å². The smallest absolute Gasteiger partial charge is 0.323 e. The largest absolute Gasteiger partial charge is 0.468 e. The number of hydrogen-bond acceptors (Lipinski definition) is 4. The highest BCUT2D eigenvalue weighted by atomic mass is 16.5. The SMILES string of the molecule is COC(=O)C(NCC(=O)N1CCc2ccccc21)C(C)(C)C. The summed E-state index contributed by atoms with van der Waals surface area (Å²) in [7, 11) is 1.36. The number of ether oxygens (including phenoxy) is 1. The molecule has 0 fully saturated rings. The molecular formula is C17H24N2O3. The van der Waals surface area contributed by atoms with Gasteiger partial charge in [-0.25, -0.2) is 0 Å². The van der Waals surface area contributed by atoms with E-state index in [1.165, 1.54) is 12.7 Å². The Balaban J connectivity index is 2.02. The second-order valence-corrected chi connectivity index (χ2v) is 6.63. The molecule has 1 aliphatic rings. The van der Waals surface area contributed by atoms with Crippen LogP contribution in [0.2, 0.25) is 0 Å². The predicted octanol–water partition coefficient (Wildman–Crippen LogP) is 1.75. The number of fused-ring (bicyclic) bond motifs is 1. The number of nitrogens with zero attached hydrogens (tertiary/aromatic N) is 1. The number of para-hydroxylation sites is 1. The van der Waals surface area contributed by atoms with E-state index in [1.54, 1.807) is 4.90 Å². The molecule has 0 spiro atoms. The van der Waals surface area contributed by atoms with Crippen molar-refractivity contribution in [3.8, 4) is 0 Å². The second-order valence-electron chi connectivity index (χ2n) is 6.63. The maximum atomic E-state index is 12.5. The van der Waals surface area contributed by atoms with Crippen LogP contribution in [-0.2, 0) is 20.7 Å². The van der Waals surface area contributed by atoms with Crippen LogP contribution >= 0.6 is 0 Å². The maximum absolute atomic E-state index is 12.5. The molecule has 0 saturated carbocycles. The molecule has 0 aromatic heterocycles. The van der Waals surface area contributed by atoms with Crippen LogP contribution in [0, 0.1) is 5.41 Å². The monoisotopic (exact) mass is 304 g/mol. The molecule has 1 aliphatic heterocycles. The Hall–Kier alpha value is -1.88. The Labute approximate surface area is 131 Å². The molecule has 22 heavy (non-hydrogen) atoms. The van der Waals surface area contributed by atoms with Gasteiger partial charge < -0.3 is 9.64 Å². The van der Waals surface area contributed by atoms with E-state index in [0.717, 1.165) is 12.1 Å². The fourth-order valence-electron chi connectivity index (χ4n) is 2.74. The standard InChI is InChI=1S/C17H24N2O3/c1-17(2,3)15(16(21)22-4)18-11-14(20)19-10-9-12-7-5-6-8-13(12)19/h5-8,15,18H,9-11H2,1-4H3. The summed E-state index contributed by atoms with van der Waals surface area (Å²) in [5.41, 5.74) is 1.84. The van der Waals surface area contributed by atoms with Crippen molar-refractivity contribution < 1.29 is 14.3 Å². The highest BCUT2D eigenvalue weighted by molar-refractivity contribution is 5.97. The molecule has 1 heterocycles. The minimum absolute atomic E-state index is 0.0249. The molecule has 1 amide bonds. The zero-order valence-electron chi connectivity index (χ0n) is 13.7. The first kappa shape index (κ1) is 16.5. The van der Waals surface area contributed by atoms with E-state index in [2.05, 4.69) is 5.32 Å². The van der Waals surface area contributed by atoms with Gasteiger partial charge in [0.1, 0.15) is 6.04 Å². The van der Waals surface area contributed by atoms with E-state index in [1.807, 2.05) is 45.0 Å². The van der Waals surface area contributed by atoms with Gasteiger partial charge in [-0.05, 0) is 23.5 Å². The number of benzene rings is 1. The quantitative estimate of drug-likeness (QED) is 0.861. The van der Waals surface area contributed by atoms with E-state index in [9.17, 15) is 9.59 Å². The maximum Gasteiger partial charge on any atom is 0.323 e. The van der Waals surface area contributed by atoms with Crippen LogP contribution in [0.15, 0.2) is 24.3 Å². The highest BCUT2D eigenvalue weighted by Gasteiger charge is 2.33. The molecule has 1 N–H and O–H groups in total. The van der Waals surface area contributed by atoms with Crippen molar-refractivity contribution >= 4 is 17.6 Å².